The Hall–Kier alpha value is -4.19. The van der Waals surface area contributed by atoms with Crippen molar-refractivity contribution in [3.05, 3.63) is 89.5 Å². The number of aldehydes is 1. The third kappa shape index (κ3) is 4.62. The Morgan fingerprint density at radius 2 is 1.21 bits per heavy atom. The Balaban J connectivity index is 1.93. The quantitative estimate of drug-likeness (QED) is 0.278. The Labute approximate surface area is 198 Å². The molecule has 0 spiro atoms. The number of fused-ring (bicyclic) bond motifs is 1. The SMILES string of the molecule is COc1cc(OC)c2cc(C=O)c(OCc3ccccc3)c(OCc3ccccc3)c2c1OC. The first kappa shape index (κ1) is 23.0. The summed E-state index contributed by atoms with van der Waals surface area (Å²) in [6, 6.07) is 22.9. The van der Waals surface area contributed by atoms with Crippen molar-refractivity contribution in [1.29, 1.82) is 0 Å². The van der Waals surface area contributed by atoms with Crippen molar-refractivity contribution in [2.75, 3.05) is 21.3 Å². The van der Waals surface area contributed by atoms with Gasteiger partial charge in [-0.25, -0.2) is 0 Å². The molecule has 0 saturated carbocycles. The van der Waals surface area contributed by atoms with Crippen molar-refractivity contribution in [2.24, 2.45) is 0 Å². The lowest BCUT2D eigenvalue weighted by molar-refractivity contribution is 0.111. The predicted octanol–water partition coefficient (Wildman–Crippen LogP) is 5.84. The molecule has 0 aliphatic rings. The van der Waals surface area contributed by atoms with E-state index in [0.29, 0.717) is 45.1 Å². The molecule has 4 rings (SSSR count). The fraction of sp³-hybridized carbons (Fsp3) is 0.179. The van der Waals surface area contributed by atoms with Crippen molar-refractivity contribution in [1.82, 2.24) is 0 Å². The molecular formula is C28H26O6. The van der Waals surface area contributed by atoms with Gasteiger partial charge in [0.05, 0.1) is 32.3 Å². The molecule has 6 nitrogen and oxygen atoms in total. The van der Waals surface area contributed by atoms with Crippen molar-refractivity contribution in [3.63, 3.8) is 0 Å². The van der Waals surface area contributed by atoms with E-state index in [1.807, 2.05) is 60.7 Å². The number of carbonyl (C=O) groups is 1. The first-order valence-electron chi connectivity index (χ1n) is 10.8. The number of ether oxygens (including phenoxy) is 5. The molecule has 0 unspecified atom stereocenters. The van der Waals surface area contributed by atoms with Crippen molar-refractivity contribution in [3.8, 4) is 28.7 Å². The molecule has 34 heavy (non-hydrogen) atoms. The van der Waals surface area contributed by atoms with Gasteiger partial charge >= 0.3 is 0 Å². The lowest BCUT2D eigenvalue weighted by Gasteiger charge is -2.21. The minimum absolute atomic E-state index is 0.262. The van der Waals surface area contributed by atoms with E-state index in [4.69, 9.17) is 23.7 Å². The summed E-state index contributed by atoms with van der Waals surface area (Å²) < 4.78 is 29.4. The lowest BCUT2D eigenvalue weighted by atomic mass is 10.0. The van der Waals surface area contributed by atoms with Crippen LogP contribution in [0.4, 0.5) is 0 Å². The van der Waals surface area contributed by atoms with Crippen molar-refractivity contribution < 1.29 is 28.5 Å². The smallest absolute Gasteiger partial charge is 0.174 e. The maximum atomic E-state index is 12.2. The van der Waals surface area contributed by atoms with Crippen LogP contribution in [0.15, 0.2) is 72.8 Å². The molecule has 0 aromatic heterocycles. The van der Waals surface area contributed by atoms with Crippen LogP contribution in [0.5, 0.6) is 28.7 Å². The second kappa shape index (κ2) is 10.6. The van der Waals surface area contributed by atoms with E-state index in [1.54, 1.807) is 33.5 Å². The molecule has 0 heterocycles. The molecule has 0 atom stereocenters. The van der Waals surface area contributed by atoms with Crippen LogP contribution in [0.1, 0.15) is 21.5 Å². The van der Waals surface area contributed by atoms with Gasteiger partial charge in [0, 0.05) is 11.5 Å². The third-order valence-electron chi connectivity index (χ3n) is 5.47. The number of hydrogen-bond acceptors (Lipinski definition) is 6. The summed E-state index contributed by atoms with van der Waals surface area (Å²) in [5, 5.41) is 1.25. The molecule has 0 N–H and O–H groups in total. The van der Waals surface area contributed by atoms with E-state index in [0.717, 1.165) is 17.4 Å². The maximum absolute atomic E-state index is 12.2. The van der Waals surface area contributed by atoms with Gasteiger partial charge < -0.3 is 23.7 Å². The average Bonchev–Trinajstić information content (AvgIpc) is 2.90. The normalized spacial score (nSPS) is 10.6. The predicted molar refractivity (Wildman–Crippen MR) is 131 cm³/mol. The molecule has 0 saturated heterocycles. The molecule has 4 aromatic carbocycles. The highest BCUT2D eigenvalue weighted by Gasteiger charge is 2.25. The zero-order valence-corrected chi connectivity index (χ0v) is 19.4. The highest BCUT2D eigenvalue weighted by atomic mass is 16.5. The van der Waals surface area contributed by atoms with Crippen LogP contribution >= 0.6 is 0 Å². The van der Waals surface area contributed by atoms with E-state index in [1.165, 1.54) is 0 Å². The molecule has 6 heteroatoms. The topological polar surface area (TPSA) is 63.2 Å². The molecule has 0 aliphatic heterocycles. The van der Waals surface area contributed by atoms with Crippen LogP contribution in [0, 0.1) is 0 Å². The third-order valence-corrected chi connectivity index (χ3v) is 5.47. The lowest BCUT2D eigenvalue weighted by Crippen LogP contribution is -2.05. The van der Waals surface area contributed by atoms with Crippen LogP contribution in [0.3, 0.4) is 0 Å². The molecular weight excluding hydrogens is 432 g/mol. The van der Waals surface area contributed by atoms with Gasteiger partial charge in [0.15, 0.2) is 29.3 Å². The largest absolute Gasteiger partial charge is 0.496 e. The maximum Gasteiger partial charge on any atom is 0.174 e. The summed E-state index contributed by atoms with van der Waals surface area (Å²) in [6.07, 6.45) is 0.755. The zero-order chi connectivity index (χ0) is 23.9. The van der Waals surface area contributed by atoms with Crippen LogP contribution in [-0.4, -0.2) is 27.6 Å². The molecule has 0 fully saturated rings. The van der Waals surface area contributed by atoms with E-state index in [9.17, 15) is 4.79 Å². The van der Waals surface area contributed by atoms with Crippen LogP contribution in [0.25, 0.3) is 10.8 Å². The van der Waals surface area contributed by atoms with Gasteiger partial charge in [-0.2, -0.15) is 0 Å². The first-order valence-corrected chi connectivity index (χ1v) is 10.8. The van der Waals surface area contributed by atoms with Gasteiger partial charge in [0.25, 0.3) is 0 Å². The summed E-state index contributed by atoms with van der Waals surface area (Å²) in [6.45, 7) is 0.529. The molecule has 0 bridgehead atoms. The second-order valence-electron chi connectivity index (χ2n) is 7.53. The second-order valence-corrected chi connectivity index (χ2v) is 7.53. The number of hydrogen-bond donors (Lipinski definition) is 0. The summed E-state index contributed by atoms with van der Waals surface area (Å²) in [5.74, 6) is 2.17. The van der Waals surface area contributed by atoms with Crippen LogP contribution in [-0.2, 0) is 13.2 Å². The summed E-state index contributed by atoms with van der Waals surface area (Å²) in [4.78, 5) is 12.2. The molecule has 174 valence electrons. The van der Waals surface area contributed by atoms with Crippen molar-refractivity contribution >= 4 is 17.1 Å². The Kier molecular flexibility index (Phi) is 7.18. The number of rotatable bonds is 10. The van der Waals surface area contributed by atoms with Gasteiger partial charge in [-0.05, 0) is 17.2 Å². The molecule has 0 aliphatic carbocycles. The molecule has 0 amide bonds. The molecule has 4 aromatic rings. The fourth-order valence-electron chi connectivity index (χ4n) is 3.82. The number of methoxy groups -OCH3 is 3. The van der Waals surface area contributed by atoms with Gasteiger partial charge in [0.1, 0.15) is 19.0 Å². The number of benzene rings is 4. The highest BCUT2D eigenvalue weighted by molar-refractivity contribution is 6.05. The van der Waals surface area contributed by atoms with Crippen LogP contribution in [0.2, 0.25) is 0 Å². The van der Waals surface area contributed by atoms with Gasteiger partial charge in [-0.15, -0.1) is 0 Å². The fourth-order valence-corrected chi connectivity index (χ4v) is 3.82. The van der Waals surface area contributed by atoms with E-state index < -0.39 is 0 Å². The zero-order valence-electron chi connectivity index (χ0n) is 19.4. The minimum atomic E-state index is 0.262. The monoisotopic (exact) mass is 458 g/mol. The van der Waals surface area contributed by atoms with E-state index >= 15 is 0 Å². The Morgan fingerprint density at radius 1 is 0.647 bits per heavy atom. The summed E-state index contributed by atoms with van der Waals surface area (Å²) >= 11 is 0. The summed E-state index contributed by atoms with van der Waals surface area (Å²) in [7, 11) is 4.68. The number of carbonyl (C=O) groups excluding carboxylic acids is 1. The van der Waals surface area contributed by atoms with Gasteiger partial charge in [-0.3, -0.25) is 4.79 Å². The van der Waals surface area contributed by atoms with Gasteiger partial charge in [0.2, 0.25) is 0 Å². The van der Waals surface area contributed by atoms with Crippen LogP contribution < -0.4 is 23.7 Å². The van der Waals surface area contributed by atoms with E-state index in [-0.39, 0.29) is 13.2 Å². The minimum Gasteiger partial charge on any atom is -0.496 e. The highest BCUT2D eigenvalue weighted by Crippen LogP contribution is 2.50. The Morgan fingerprint density at radius 3 is 1.71 bits per heavy atom. The Bertz CT molecular complexity index is 1270. The summed E-state index contributed by atoms with van der Waals surface area (Å²) in [5.41, 5.74) is 2.27. The first-order chi connectivity index (χ1) is 16.7. The van der Waals surface area contributed by atoms with Crippen molar-refractivity contribution in [2.45, 2.75) is 13.2 Å². The average molecular weight is 459 g/mol. The standard InChI is InChI=1S/C28H26O6/c1-30-23-15-24(31-2)27(32-3)25-22(23)14-21(16-29)26(33-17-19-10-6-4-7-11-19)28(25)34-18-20-12-8-5-9-13-20/h4-16H,17-18H2,1-3H3. The van der Waals surface area contributed by atoms with E-state index in [2.05, 4.69) is 0 Å². The molecule has 0 radical (unpaired) electrons. The van der Waals surface area contributed by atoms with Gasteiger partial charge in [-0.1, -0.05) is 60.7 Å².